The predicted molar refractivity (Wildman–Crippen MR) is 132 cm³/mol. The van der Waals surface area contributed by atoms with E-state index in [2.05, 4.69) is 26.7 Å². The highest BCUT2D eigenvalue weighted by Crippen LogP contribution is 2.38. The minimum atomic E-state index is -0.300. The minimum absolute atomic E-state index is 0.152. The van der Waals surface area contributed by atoms with E-state index in [1.165, 1.54) is 11.3 Å². The summed E-state index contributed by atoms with van der Waals surface area (Å²) >= 11 is 7.85. The molecule has 0 aliphatic rings. The van der Waals surface area contributed by atoms with E-state index in [0.29, 0.717) is 16.5 Å². The summed E-state index contributed by atoms with van der Waals surface area (Å²) in [5.41, 5.74) is 4.25. The van der Waals surface area contributed by atoms with Crippen LogP contribution < -0.4 is 10.6 Å². The molecular formula is C25H23ClN4OS. The summed E-state index contributed by atoms with van der Waals surface area (Å²) in [6.07, 6.45) is 0. The second-order valence-corrected chi connectivity index (χ2v) is 9.26. The van der Waals surface area contributed by atoms with Crippen LogP contribution in [-0.4, -0.2) is 15.9 Å². The maximum absolute atomic E-state index is 12.9. The summed E-state index contributed by atoms with van der Waals surface area (Å²) < 4.78 is 0. The number of rotatable bonds is 6. The van der Waals surface area contributed by atoms with Gasteiger partial charge in [0.05, 0.1) is 6.04 Å². The number of thiophene rings is 1. The van der Waals surface area contributed by atoms with Crippen LogP contribution in [0.25, 0.3) is 0 Å². The van der Waals surface area contributed by atoms with E-state index in [1.807, 2.05) is 69.3 Å². The average molecular weight is 463 g/mol. The molecule has 4 aromatic rings. The van der Waals surface area contributed by atoms with E-state index in [1.54, 1.807) is 12.1 Å². The fraction of sp³-hybridized carbons (Fsp3) is 0.160. The van der Waals surface area contributed by atoms with E-state index < -0.39 is 0 Å². The summed E-state index contributed by atoms with van der Waals surface area (Å²) in [6, 6.07) is 20.6. The summed E-state index contributed by atoms with van der Waals surface area (Å²) in [5, 5.41) is 7.96. The molecule has 0 radical (unpaired) electrons. The minimum Gasteiger partial charge on any atom is -0.343 e. The molecule has 0 unspecified atom stereocenters. The number of carbonyl (C=O) groups excluding carboxylic acids is 1. The molecule has 0 saturated heterocycles. The highest BCUT2D eigenvalue weighted by atomic mass is 35.5. The number of hydrogen-bond acceptors (Lipinski definition) is 5. The van der Waals surface area contributed by atoms with Crippen LogP contribution in [-0.2, 0) is 0 Å². The monoisotopic (exact) mass is 462 g/mol. The quantitative estimate of drug-likeness (QED) is 0.340. The Kier molecular flexibility index (Phi) is 6.53. The molecule has 0 spiro atoms. The van der Waals surface area contributed by atoms with Crippen molar-refractivity contribution in [2.45, 2.75) is 26.8 Å². The van der Waals surface area contributed by atoms with Gasteiger partial charge in [-0.05, 0) is 62.7 Å². The molecule has 2 aromatic heterocycles. The largest absolute Gasteiger partial charge is 0.343 e. The van der Waals surface area contributed by atoms with Gasteiger partial charge in [0, 0.05) is 32.4 Å². The number of nitrogens with one attached hydrogen (secondary N) is 2. The maximum Gasteiger partial charge on any atom is 0.256 e. The number of hydrogen-bond donors (Lipinski definition) is 2. The van der Waals surface area contributed by atoms with E-state index in [4.69, 9.17) is 11.6 Å². The van der Waals surface area contributed by atoms with Gasteiger partial charge in [0.1, 0.15) is 5.00 Å². The van der Waals surface area contributed by atoms with Gasteiger partial charge in [-0.1, -0.05) is 41.9 Å². The van der Waals surface area contributed by atoms with Gasteiger partial charge in [0.2, 0.25) is 5.95 Å². The molecule has 5 nitrogen and oxygen atoms in total. The first kappa shape index (κ1) is 22.0. The Morgan fingerprint density at radius 3 is 2.34 bits per heavy atom. The fourth-order valence-electron chi connectivity index (χ4n) is 3.56. The maximum atomic E-state index is 12.9. The summed E-state index contributed by atoms with van der Waals surface area (Å²) in [6.45, 7) is 5.90. The fourth-order valence-corrected chi connectivity index (χ4v) is 4.70. The number of anilines is 2. The van der Waals surface area contributed by atoms with Crippen molar-refractivity contribution < 1.29 is 4.79 Å². The van der Waals surface area contributed by atoms with Gasteiger partial charge >= 0.3 is 0 Å². The van der Waals surface area contributed by atoms with Crippen molar-refractivity contribution in [1.29, 1.82) is 0 Å². The Hall–Kier alpha value is -3.22. The Labute approximate surface area is 196 Å². The van der Waals surface area contributed by atoms with Crippen LogP contribution in [0.2, 0.25) is 5.02 Å². The topological polar surface area (TPSA) is 66.9 Å². The second-order valence-electron chi connectivity index (χ2n) is 7.57. The number of aryl methyl sites for hydroxylation is 3. The van der Waals surface area contributed by atoms with Crippen LogP contribution in [0.3, 0.4) is 0 Å². The SMILES string of the molecule is Cc1cc(C)nc(N[C@H](c2cccc(Cl)c2)c2cc(C)sc2NC(=O)c2ccccc2)n1. The lowest BCUT2D eigenvalue weighted by molar-refractivity contribution is 0.102. The lowest BCUT2D eigenvalue weighted by Gasteiger charge is -2.21. The molecule has 2 heterocycles. The third-order valence-corrected chi connectivity index (χ3v) is 6.11. The second kappa shape index (κ2) is 9.51. The third kappa shape index (κ3) is 5.15. The molecule has 1 atom stereocenters. The van der Waals surface area contributed by atoms with Crippen molar-refractivity contribution in [3.63, 3.8) is 0 Å². The molecule has 0 bridgehead atoms. The van der Waals surface area contributed by atoms with Crippen LogP contribution in [0.15, 0.2) is 66.7 Å². The number of halogens is 1. The number of carbonyl (C=O) groups is 1. The highest BCUT2D eigenvalue weighted by molar-refractivity contribution is 7.16. The lowest BCUT2D eigenvalue weighted by atomic mass is 10.00. The first-order valence-electron chi connectivity index (χ1n) is 10.2. The zero-order valence-corrected chi connectivity index (χ0v) is 19.6. The molecule has 0 saturated carbocycles. The van der Waals surface area contributed by atoms with E-state index in [-0.39, 0.29) is 11.9 Å². The van der Waals surface area contributed by atoms with Crippen LogP contribution in [0, 0.1) is 20.8 Å². The molecule has 2 N–H and O–H groups in total. The molecule has 4 rings (SSSR count). The number of nitrogens with zero attached hydrogens (tertiary/aromatic N) is 2. The van der Waals surface area contributed by atoms with Crippen LogP contribution in [0.5, 0.6) is 0 Å². The smallest absolute Gasteiger partial charge is 0.256 e. The zero-order valence-electron chi connectivity index (χ0n) is 18.0. The molecule has 2 aromatic carbocycles. The molecule has 1 amide bonds. The Bertz CT molecular complexity index is 1240. The number of aromatic nitrogens is 2. The molecule has 32 heavy (non-hydrogen) atoms. The molecule has 0 aliphatic heterocycles. The summed E-state index contributed by atoms with van der Waals surface area (Å²) in [5.74, 6) is 0.373. The van der Waals surface area contributed by atoms with Crippen LogP contribution in [0.1, 0.15) is 43.8 Å². The average Bonchev–Trinajstić information content (AvgIpc) is 3.11. The molecule has 0 fully saturated rings. The molecule has 162 valence electrons. The zero-order chi connectivity index (χ0) is 22.7. The standard InChI is InChI=1S/C25H23ClN4OS/c1-15-12-16(2)28-25(27-15)29-22(19-10-7-11-20(26)14-19)21-13-17(3)32-24(21)30-23(31)18-8-5-4-6-9-18/h4-14,22H,1-3H3,(H,30,31)(H,27,28,29)/t22-/m1/s1. The van der Waals surface area contributed by atoms with Gasteiger partial charge < -0.3 is 10.6 Å². The highest BCUT2D eigenvalue weighted by Gasteiger charge is 2.23. The lowest BCUT2D eigenvalue weighted by Crippen LogP contribution is -2.18. The van der Waals surface area contributed by atoms with Crippen molar-refractivity contribution in [1.82, 2.24) is 9.97 Å². The van der Waals surface area contributed by atoms with Crippen molar-refractivity contribution in [3.8, 4) is 0 Å². The summed E-state index contributed by atoms with van der Waals surface area (Å²) in [4.78, 5) is 23.1. The normalized spacial score (nSPS) is 11.8. The van der Waals surface area contributed by atoms with Crippen molar-refractivity contribution in [3.05, 3.63) is 105 Å². The third-order valence-electron chi connectivity index (χ3n) is 4.90. The molecule has 0 aliphatic carbocycles. The number of benzene rings is 2. The van der Waals surface area contributed by atoms with Gasteiger partial charge in [0.15, 0.2) is 0 Å². The van der Waals surface area contributed by atoms with E-state index in [9.17, 15) is 4.79 Å². The Morgan fingerprint density at radius 1 is 0.938 bits per heavy atom. The van der Waals surface area contributed by atoms with Crippen molar-refractivity contribution in [2.24, 2.45) is 0 Å². The molecule has 7 heteroatoms. The van der Waals surface area contributed by atoms with Gasteiger partial charge in [-0.15, -0.1) is 11.3 Å². The number of amides is 1. The molecular weight excluding hydrogens is 440 g/mol. The van der Waals surface area contributed by atoms with Crippen molar-refractivity contribution >= 4 is 39.8 Å². The van der Waals surface area contributed by atoms with Crippen LogP contribution in [0.4, 0.5) is 10.9 Å². The first-order chi connectivity index (χ1) is 15.4. The van der Waals surface area contributed by atoms with E-state index >= 15 is 0 Å². The Balaban J connectivity index is 1.75. The van der Waals surface area contributed by atoms with Crippen molar-refractivity contribution in [2.75, 3.05) is 10.6 Å². The van der Waals surface area contributed by atoms with Gasteiger partial charge in [-0.3, -0.25) is 4.79 Å². The first-order valence-corrected chi connectivity index (χ1v) is 11.4. The Morgan fingerprint density at radius 2 is 1.66 bits per heavy atom. The van der Waals surface area contributed by atoms with Gasteiger partial charge in [0.25, 0.3) is 5.91 Å². The predicted octanol–water partition coefficient (Wildman–Crippen LogP) is 6.57. The summed E-state index contributed by atoms with van der Waals surface area (Å²) in [7, 11) is 0. The van der Waals surface area contributed by atoms with Crippen LogP contribution >= 0.6 is 22.9 Å². The van der Waals surface area contributed by atoms with E-state index in [0.717, 1.165) is 32.4 Å². The van der Waals surface area contributed by atoms with Gasteiger partial charge in [-0.25, -0.2) is 9.97 Å². The van der Waals surface area contributed by atoms with Gasteiger partial charge in [-0.2, -0.15) is 0 Å².